The number of hydrazone groups is 1. The van der Waals surface area contributed by atoms with Gasteiger partial charge in [0.05, 0.1) is 30.2 Å². The first-order chi connectivity index (χ1) is 16.5. The van der Waals surface area contributed by atoms with Gasteiger partial charge in [0.15, 0.2) is 11.5 Å². The first-order valence-corrected chi connectivity index (χ1v) is 11.3. The molecular formula is C26H24N2O6. The van der Waals surface area contributed by atoms with Crippen LogP contribution in [0.5, 0.6) is 11.5 Å². The van der Waals surface area contributed by atoms with E-state index in [2.05, 4.69) is 17.3 Å². The lowest BCUT2D eigenvalue weighted by molar-refractivity contribution is -0.140. The Morgan fingerprint density at radius 2 is 1.79 bits per heavy atom. The van der Waals surface area contributed by atoms with E-state index in [1.165, 1.54) is 12.3 Å². The fourth-order valence-corrected chi connectivity index (χ4v) is 5.07. The summed E-state index contributed by atoms with van der Waals surface area (Å²) in [6, 6.07) is 11.7. The Morgan fingerprint density at radius 1 is 1.06 bits per heavy atom. The Labute approximate surface area is 196 Å². The van der Waals surface area contributed by atoms with Gasteiger partial charge >= 0.3 is 5.97 Å². The molecule has 8 nitrogen and oxygen atoms in total. The molecule has 2 aromatic carbocycles. The predicted octanol–water partition coefficient (Wildman–Crippen LogP) is 3.50. The summed E-state index contributed by atoms with van der Waals surface area (Å²) in [6.07, 6.45) is 6.46. The lowest BCUT2D eigenvalue weighted by Gasteiger charge is -2.13. The van der Waals surface area contributed by atoms with Crippen LogP contribution in [0.3, 0.4) is 0 Å². The second-order valence-electron chi connectivity index (χ2n) is 8.67. The number of carbonyl (C=O) groups excluding carboxylic acids is 2. The monoisotopic (exact) mass is 460 g/mol. The number of carboxylic acid groups (broad SMARTS) is 1. The van der Waals surface area contributed by atoms with Crippen LogP contribution in [0.1, 0.15) is 34.8 Å². The second kappa shape index (κ2) is 8.78. The SMILES string of the molecule is CCOc1cc(C=NN2C(=O)C3C4C=CC(C4)C3C2=O)ccc1OCc1cccc(C(=O)O)c1. The zero-order valence-corrected chi connectivity index (χ0v) is 18.6. The minimum Gasteiger partial charge on any atom is -0.490 e. The van der Waals surface area contributed by atoms with Crippen LogP contribution < -0.4 is 9.47 Å². The fourth-order valence-electron chi connectivity index (χ4n) is 5.07. The van der Waals surface area contributed by atoms with Gasteiger partial charge in [-0.3, -0.25) is 9.59 Å². The lowest BCUT2D eigenvalue weighted by atomic mass is 9.85. The number of allylic oxidation sites excluding steroid dienone is 2. The minimum absolute atomic E-state index is 0.142. The van der Waals surface area contributed by atoms with Crippen LogP contribution in [0.25, 0.3) is 0 Å². The Bertz CT molecular complexity index is 1190. The van der Waals surface area contributed by atoms with Crippen LogP contribution in [0.4, 0.5) is 0 Å². The molecule has 2 fully saturated rings. The Hall–Kier alpha value is -3.94. The summed E-state index contributed by atoms with van der Waals surface area (Å²) in [6.45, 7) is 2.43. The van der Waals surface area contributed by atoms with Gasteiger partial charge in [-0.1, -0.05) is 24.3 Å². The van der Waals surface area contributed by atoms with E-state index in [9.17, 15) is 14.4 Å². The number of aromatic carboxylic acids is 1. The Kier molecular flexibility index (Phi) is 5.65. The number of hydrogen-bond acceptors (Lipinski definition) is 6. The average Bonchev–Trinajstić information content (AvgIpc) is 3.51. The molecule has 2 aromatic rings. The van der Waals surface area contributed by atoms with E-state index < -0.39 is 5.97 Å². The lowest BCUT2D eigenvalue weighted by Crippen LogP contribution is -2.28. The molecule has 1 heterocycles. The molecule has 0 spiro atoms. The molecule has 1 saturated heterocycles. The summed E-state index contributed by atoms with van der Waals surface area (Å²) in [4.78, 5) is 36.8. The molecule has 3 aliphatic rings. The van der Waals surface area contributed by atoms with Gasteiger partial charge < -0.3 is 14.6 Å². The quantitative estimate of drug-likeness (QED) is 0.367. The van der Waals surface area contributed by atoms with Crippen LogP contribution in [-0.4, -0.2) is 40.7 Å². The molecule has 4 atom stereocenters. The van der Waals surface area contributed by atoms with Gasteiger partial charge in [0.2, 0.25) is 0 Å². The van der Waals surface area contributed by atoms with E-state index in [0.29, 0.717) is 29.2 Å². The molecule has 1 N–H and O–H groups in total. The zero-order chi connectivity index (χ0) is 23.8. The van der Waals surface area contributed by atoms with Gasteiger partial charge in [0, 0.05) is 0 Å². The van der Waals surface area contributed by atoms with Gasteiger partial charge in [0.1, 0.15) is 6.61 Å². The average molecular weight is 460 g/mol. The fraction of sp³-hybridized carbons (Fsp3) is 0.308. The third kappa shape index (κ3) is 3.85. The third-order valence-electron chi connectivity index (χ3n) is 6.61. The number of carboxylic acids is 1. The minimum atomic E-state index is -0.997. The first-order valence-electron chi connectivity index (χ1n) is 11.3. The number of nitrogens with zero attached hydrogens (tertiary/aromatic N) is 2. The molecule has 4 unspecified atom stereocenters. The van der Waals surface area contributed by atoms with Crippen molar-refractivity contribution in [1.29, 1.82) is 0 Å². The number of carbonyl (C=O) groups is 3. The summed E-state index contributed by atoms with van der Waals surface area (Å²) in [5, 5.41) is 14.4. The molecule has 5 rings (SSSR count). The van der Waals surface area contributed by atoms with Crippen LogP contribution in [0, 0.1) is 23.7 Å². The standard InChI is InChI=1S/C26H24N2O6/c1-2-33-21-11-15(6-9-20(21)34-14-16-4-3-5-19(10-16)26(31)32)13-27-28-24(29)22-17-7-8-18(12-17)23(22)25(28)30/h3-11,13,17-18,22-23H,2,12,14H2,1H3,(H,31,32). The van der Waals surface area contributed by atoms with E-state index >= 15 is 0 Å². The second-order valence-corrected chi connectivity index (χ2v) is 8.67. The maximum absolute atomic E-state index is 12.8. The summed E-state index contributed by atoms with van der Waals surface area (Å²) >= 11 is 0. The predicted molar refractivity (Wildman–Crippen MR) is 123 cm³/mol. The molecule has 2 bridgehead atoms. The van der Waals surface area contributed by atoms with Crippen molar-refractivity contribution in [3.8, 4) is 11.5 Å². The van der Waals surface area contributed by atoms with Crippen molar-refractivity contribution in [2.75, 3.05) is 6.61 Å². The van der Waals surface area contributed by atoms with Crippen molar-refractivity contribution in [3.63, 3.8) is 0 Å². The highest BCUT2D eigenvalue weighted by atomic mass is 16.5. The van der Waals surface area contributed by atoms with E-state index in [1.807, 2.05) is 6.92 Å². The number of amides is 2. The van der Waals surface area contributed by atoms with Crippen molar-refractivity contribution in [2.24, 2.45) is 28.8 Å². The summed E-state index contributed by atoms with van der Waals surface area (Å²) in [5.41, 5.74) is 1.56. The van der Waals surface area contributed by atoms with Crippen molar-refractivity contribution in [2.45, 2.75) is 20.0 Å². The highest BCUT2D eigenvalue weighted by molar-refractivity contribution is 6.06. The molecular weight excluding hydrogens is 436 g/mol. The van der Waals surface area contributed by atoms with Crippen LogP contribution in [0.2, 0.25) is 0 Å². The molecule has 0 aromatic heterocycles. The Morgan fingerprint density at radius 3 is 2.47 bits per heavy atom. The zero-order valence-electron chi connectivity index (χ0n) is 18.6. The Balaban J connectivity index is 1.30. The molecule has 0 radical (unpaired) electrons. The molecule has 174 valence electrons. The molecule has 2 amide bonds. The smallest absolute Gasteiger partial charge is 0.335 e. The molecule has 1 saturated carbocycles. The summed E-state index contributed by atoms with van der Waals surface area (Å²) in [5.74, 6) is -0.753. The van der Waals surface area contributed by atoms with E-state index in [4.69, 9.17) is 14.6 Å². The molecule has 1 aliphatic heterocycles. The number of hydrogen-bond donors (Lipinski definition) is 1. The van der Waals surface area contributed by atoms with Crippen molar-refractivity contribution < 1.29 is 29.0 Å². The maximum Gasteiger partial charge on any atom is 0.335 e. The van der Waals surface area contributed by atoms with Crippen LogP contribution in [-0.2, 0) is 16.2 Å². The van der Waals surface area contributed by atoms with E-state index in [1.54, 1.807) is 36.4 Å². The largest absolute Gasteiger partial charge is 0.490 e. The van der Waals surface area contributed by atoms with Crippen molar-refractivity contribution in [3.05, 3.63) is 71.3 Å². The van der Waals surface area contributed by atoms with Gasteiger partial charge in [-0.15, -0.1) is 0 Å². The van der Waals surface area contributed by atoms with Gasteiger partial charge in [-0.2, -0.15) is 10.1 Å². The van der Waals surface area contributed by atoms with Crippen LogP contribution in [0.15, 0.2) is 59.7 Å². The number of imide groups is 1. The number of rotatable bonds is 8. The highest BCUT2D eigenvalue weighted by Crippen LogP contribution is 2.52. The summed E-state index contributed by atoms with van der Waals surface area (Å²) in [7, 11) is 0. The normalized spacial score (nSPS) is 24.8. The topological polar surface area (TPSA) is 106 Å². The van der Waals surface area contributed by atoms with E-state index in [0.717, 1.165) is 11.4 Å². The molecule has 8 heteroatoms. The van der Waals surface area contributed by atoms with Gasteiger partial charge in [0.25, 0.3) is 11.8 Å². The molecule has 34 heavy (non-hydrogen) atoms. The van der Waals surface area contributed by atoms with Crippen LogP contribution >= 0.6 is 0 Å². The number of ether oxygens (including phenoxy) is 2. The highest BCUT2D eigenvalue weighted by Gasteiger charge is 2.59. The maximum atomic E-state index is 12.8. The van der Waals surface area contributed by atoms with Crippen molar-refractivity contribution in [1.82, 2.24) is 5.01 Å². The number of fused-ring (bicyclic) bond motifs is 5. The third-order valence-corrected chi connectivity index (χ3v) is 6.61. The van der Waals surface area contributed by atoms with E-state index in [-0.39, 0.29) is 47.7 Å². The number of benzene rings is 2. The van der Waals surface area contributed by atoms with Gasteiger partial charge in [-0.05, 0) is 66.6 Å². The first kappa shape index (κ1) is 21.9. The van der Waals surface area contributed by atoms with Crippen molar-refractivity contribution >= 4 is 24.0 Å². The molecule has 2 aliphatic carbocycles. The van der Waals surface area contributed by atoms with Gasteiger partial charge in [-0.25, -0.2) is 4.79 Å². The summed E-state index contributed by atoms with van der Waals surface area (Å²) < 4.78 is 11.6.